The molecule has 1 heterocycles. The van der Waals surface area contributed by atoms with Crippen LogP contribution in [0.1, 0.15) is 25.0 Å². The number of aliphatic imine (C=N–C) groups is 1. The smallest absolute Gasteiger partial charge is 0.266 e. The zero-order valence-electron chi connectivity index (χ0n) is 19.9. The normalized spacial score (nSPS) is 15.6. The third-order valence-corrected chi connectivity index (χ3v) is 7.28. The summed E-state index contributed by atoms with van der Waals surface area (Å²) in [5, 5.41) is 1.75. The van der Waals surface area contributed by atoms with Crippen LogP contribution in [-0.2, 0) is 11.4 Å². The number of halogens is 4. The number of rotatable bonds is 8. The Balaban J connectivity index is 1.60. The first-order valence-corrected chi connectivity index (χ1v) is 13.3. The zero-order valence-corrected chi connectivity index (χ0v) is 23.0. The fourth-order valence-electron chi connectivity index (χ4n) is 3.51. The lowest BCUT2D eigenvalue weighted by Crippen LogP contribution is -2.28. The van der Waals surface area contributed by atoms with Gasteiger partial charge in [0.05, 0.1) is 32.3 Å². The van der Waals surface area contributed by atoms with Crippen LogP contribution in [0.4, 0.5) is 10.1 Å². The summed E-state index contributed by atoms with van der Waals surface area (Å²) in [6, 6.07) is 14.5. The SMILES string of the molecule is CCOc1cc(/C=C2/SC(=Nc3ccc(F)cc3)N(CC)C2=O)cc(Cl)c1OCc1ccc(Cl)c(Cl)c1. The van der Waals surface area contributed by atoms with Gasteiger partial charge >= 0.3 is 0 Å². The van der Waals surface area contributed by atoms with Crippen molar-refractivity contribution in [3.63, 3.8) is 0 Å². The highest BCUT2D eigenvalue weighted by Crippen LogP contribution is 2.40. The molecule has 1 saturated heterocycles. The molecule has 3 aromatic carbocycles. The van der Waals surface area contributed by atoms with E-state index in [1.807, 2.05) is 19.9 Å². The molecule has 5 nitrogen and oxygen atoms in total. The minimum absolute atomic E-state index is 0.178. The fourth-order valence-corrected chi connectivity index (χ4v) is 5.16. The van der Waals surface area contributed by atoms with Crippen LogP contribution in [0.5, 0.6) is 11.5 Å². The molecule has 0 unspecified atom stereocenters. The van der Waals surface area contributed by atoms with E-state index in [1.54, 1.807) is 47.4 Å². The van der Waals surface area contributed by atoms with Crippen LogP contribution in [0.15, 0.2) is 64.5 Å². The molecule has 0 bridgehead atoms. The first-order valence-electron chi connectivity index (χ1n) is 11.4. The van der Waals surface area contributed by atoms with Gasteiger partial charge in [0.2, 0.25) is 0 Å². The Kier molecular flexibility index (Phi) is 9.03. The minimum atomic E-state index is -0.349. The Morgan fingerprint density at radius 1 is 0.973 bits per heavy atom. The molecule has 192 valence electrons. The minimum Gasteiger partial charge on any atom is -0.490 e. The molecule has 10 heteroatoms. The van der Waals surface area contributed by atoms with Crippen molar-refractivity contribution in [2.45, 2.75) is 20.5 Å². The van der Waals surface area contributed by atoms with Crippen LogP contribution in [0.3, 0.4) is 0 Å². The summed E-state index contributed by atoms with van der Waals surface area (Å²) in [7, 11) is 0. The largest absolute Gasteiger partial charge is 0.490 e. The summed E-state index contributed by atoms with van der Waals surface area (Å²) in [4.78, 5) is 19.6. The van der Waals surface area contributed by atoms with E-state index in [4.69, 9.17) is 44.3 Å². The van der Waals surface area contributed by atoms with E-state index in [2.05, 4.69) is 4.99 Å². The number of ether oxygens (including phenoxy) is 2. The van der Waals surface area contributed by atoms with E-state index in [9.17, 15) is 9.18 Å². The molecular formula is C27H22Cl3FN2O3S. The van der Waals surface area contributed by atoms with Gasteiger partial charge in [-0.1, -0.05) is 40.9 Å². The number of carbonyl (C=O) groups is 1. The van der Waals surface area contributed by atoms with Gasteiger partial charge in [0.25, 0.3) is 5.91 Å². The number of thioether (sulfide) groups is 1. The third-order valence-electron chi connectivity index (χ3n) is 5.25. The number of carbonyl (C=O) groups excluding carboxylic acids is 1. The highest BCUT2D eigenvalue weighted by Gasteiger charge is 2.32. The molecular weight excluding hydrogens is 558 g/mol. The molecule has 0 saturated carbocycles. The fraction of sp³-hybridized carbons (Fsp3) is 0.185. The first-order chi connectivity index (χ1) is 17.8. The number of hydrogen-bond donors (Lipinski definition) is 0. The second-order valence-electron chi connectivity index (χ2n) is 7.83. The van der Waals surface area contributed by atoms with E-state index >= 15 is 0 Å². The average molecular weight is 580 g/mol. The molecule has 3 aromatic rings. The van der Waals surface area contributed by atoms with Gasteiger partial charge in [0.1, 0.15) is 12.4 Å². The maximum Gasteiger partial charge on any atom is 0.266 e. The van der Waals surface area contributed by atoms with Gasteiger partial charge in [0, 0.05) is 6.54 Å². The summed E-state index contributed by atoms with van der Waals surface area (Å²) in [6.45, 7) is 4.77. The van der Waals surface area contributed by atoms with E-state index in [0.29, 0.717) is 61.0 Å². The number of hydrogen-bond acceptors (Lipinski definition) is 5. The highest BCUT2D eigenvalue weighted by molar-refractivity contribution is 8.18. The van der Waals surface area contributed by atoms with Crippen molar-refractivity contribution in [2.24, 2.45) is 4.99 Å². The molecule has 0 atom stereocenters. The van der Waals surface area contributed by atoms with Crippen molar-refractivity contribution in [3.8, 4) is 11.5 Å². The van der Waals surface area contributed by atoms with Gasteiger partial charge in [-0.15, -0.1) is 0 Å². The summed E-state index contributed by atoms with van der Waals surface area (Å²) in [5.41, 5.74) is 2.05. The van der Waals surface area contributed by atoms with Crippen molar-refractivity contribution in [3.05, 3.63) is 91.5 Å². The lowest BCUT2D eigenvalue weighted by Gasteiger charge is -2.15. The van der Waals surface area contributed by atoms with Gasteiger partial charge < -0.3 is 9.47 Å². The van der Waals surface area contributed by atoms with E-state index in [1.165, 1.54) is 23.9 Å². The standard InChI is InChI=1S/C27H22Cl3FN2O3S/c1-3-33-26(34)24(37-27(33)32-19-8-6-18(31)7-9-19)14-17-12-22(30)25(23(13-17)35-4-2)36-15-16-5-10-20(28)21(29)11-16/h5-14H,3-4,15H2,1-2H3/b24-14+,32-27?. The maximum absolute atomic E-state index is 13.3. The first kappa shape index (κ1) is 27.3. The van der Waals surface area contributed by atoms with Crippen molar-refractivity contribution in [1.29, 1.82) is 0 Å². The third kappa shape index (κ3) is 6.60. The zero-order chi connectivity index (χ0) is 26.5. The maximum atomic E-state index is 13.3. The number of likely N-dealkylation sites (N-methyl/N-ethyl adjacent to an activating group) is 1. The number of amidine groups is 1. The monoisotopic (exact) mass is 578 g/mol. The number of amides is 1. The lowest BCUT2D eigenvalue weighted by atomic mass is 10.1. The quantitative estimate of drug-likeness (QED) is 0.252. The predicted molar refractivity (Wildman–Crippen MR) is 150 cm³/mol. The number of benzene rings is 3. The lowest BCUT2D eigenvalue weighted by molar-refractivity contribution is -0.122. The van der Waals surface area contributed by atoms with Crippen LogP contribution in [0, 0.1) is 5.82 Å². The van der Waals surface area contributed by atoms with Crippen molar-refractivity contribution in [1.82, 2.24) is 4.90 Å². The van der Waals surface area contributed by atoms with Crippen LogP contribution in [0.2, 0.25) is 15.1 Å². The van der Waals surface area contributed by atoms with Gasteiger partial charge in [-0.2, -0.15) is 0 Å². The molecule has 37 heavy (non-hydrogen) atoms. The summed E-state index contributed by atoms with van der Waals surface area (Å²) >= 11 is 19.9. The van der Waals surface area contributed by atoms with Crippen LogP contribution in [-0.4, -0.2) is 29.1 Å². The Labute approximate surface area is 233 Å². The van der Waals surface area contributed by atoms with Gasteiger partial charge in [-0.05, 0) is 91.3 Å². The molecule has 1 fully saturated rings. The van der Waals surface area contributed by atoms with Crippen molar-refractivity contribution >= 4 is 69.4 Å². The summed E-state index contributed by atoms with van der Waals surface area (Å²) in [6.07, 6.45) is 1.74. The second-order valence-corrected chi connectivity index (χ2v) is 10.1. The Morgan fingerprint density at radius 2 is 1.73 bits per heavy atom. The molecule has 1 amide bonds. The van der Waals surface area contributed by atoms with Gasteiger partial charge in [-0.25, -0.2) is 9.38 Å². The van der Waals surface area contributed by atoms with Crippen molar-refractivity contribution < 1.29 is 18.7 Å². The Bertz CT molecular complexity index is 1380. The van der Waals surface area contributed by atoms with Crippen molar-refractivity contribution in [2.75, 3.05) is 13.2 Å². The van der Waals surface area contributed by atoms with E-state index in [0.717, 1.165) is 5.56 Å². The molecule has 1 aliphatic heterocycles. The molecule has 0 aromatic heterocycles. The molecule has 0 spiro atoms. The average Bonchev–Trinajstić information content (AvgIpc) is 3.15. The topological polar surface area (TPSA) is 51.1 Å². The second kappa shape index (κ2) is 12.2. The Morgan fingerprint density at radius 3 is 2.41 bits per heavy atom. The Hall–Kier alpha value is -2.71. The van der Waals surface area contributed by atoms with Crippen LogP contribution in [0.25, 0.3) is 6.08 Å². The van der Waals surface area contributed by atoms with Crippen LogP contribution < -0.4 is 9.47 Å². The summed E-state index contributed by atoms with van der Waals surface area (Å²) in [5.74, 6) is 0.307. The molecule has 0 aliphatic carbocycles. The van der Waals surface area contributed by atoms with Gasteiger partial charge in [0.15, 0.2) is 16.7 Å². The number of nitrogens with zero attached hydrogens (tertiary/aromatic N) is 2. The molecule has 4 rings (SSSR count). The molecule has 1 aliphatic rings. The van der Waals surface area contributed by atoms with Gasteiger partial charge in [-0.3, -0.25) is 9.69 Å². The molecule has 0 N–H and O–H groups in total. The van der Waals surface area contributed by atoms with E-state index < -0.39 is 0 Å². The van der Waals surface area contributed by atoms with E-state index in [-0.39, 0.29) is 18.3 Å². The summed E-state index contributed by atoms with van der Waals surface area (Å²) < 4.78 is 25.0. The molecule has 0 radical (unpaired) electrons. The highest BCUT2D eigenvalue weighted by atomic mass is 35.5. The predicted octanol–water partition coefficient (Wildman–Crippen LogP) is 8.39. The van der Waals surface area contributed by atoms with Crippen LogP contribution >= 0.6 is 46.6 Å².